The molecule has 0 bridgehead atoms. The number of benzene rings is 2. The van der Waals surface area contributed by atoms with Crippen LogP contribution < -0.4 is 5.32 Å². The second-order valence-electron chi connectivity index (χ2n) is 7.67. The third kappa shape index (κ3) is 4.57. The Bertz CT molecular complexity index is 850. The van der Waals surface area contributed by atoms with Crippen LogP contribution in [0.5, 0.6) is 0 Å². The third-order valence-corrected chi connectivity index (χ3v) is 5.06. The molecule has 1 heterocycles. The molecule has 0 fully saturated rings. The van der Waals surface area contributed by atoms with Crippen molar-refractivity contribution in [1.29, 1.82) is 0 Å². The van der Waals surface area contributed by atoms with Crippen LogP contribution in [0, 0.1) is 5.41 Å². The molecular weight excluding hydrogens is 360 g/mol. The van der Waals surface area contributed by atoms with Gasteiger partial charge in [0, 0.05) is 17.0 Å². The first kappa shape index (κ1) is 19.2. The standard InChI is InChI=1S/C21H22N2O3S/c1-21(2,3)12-18(24)22-14-8-10-15(11-9-14)27-13-23-19(25)16-6-4-5-7-17(16)20(23)26/h4-11H,12-13H2,1-3H3,(H,22,24). The van der Waals surface area contributed by atoms with E-state index in [1.165, 1.54) is 16.7 Å². The number of carbonyl (C=O) groups is 3. The summed E-state index contributed by atoms with van der Waals surface area (Å²) in [5.74, 6) is -0.278. The molecule has 1 aliphatic heterocycles. The number of hydrogen-bond acceptors (Lipinski definition) is 4. The summed E-state index contributed by atoms with van der Waals surface area (Å²) in [7, 11) is 0. The second-order valence-corrected chi connectivity index (χ2v) is 8.69. The molecule has 140 valence electrons. The predicted molar refractivity (Wildman–Crippen MR) is 107 cm³/mol. The van der Waals surface area contributed by atoms with Crippen molar-refractivity contribution in [2.75, 3.05) is 11.2 Å². The Morgan fingerprint density at radius 1 is 0.963 bits per heavy atom. The van der Waals surface area contributed by atoms with Gasteiger partial charge in [0.25, 0.3) is 11.8 Å². The molecule has 3 amide bonds. The van der Waals surface area contributed by atoms with E-state index < -0.39 is 0 Å². The Hall–Kier alpha value is -2.60. The molecule has 2 aromatic carbocycles. The van der Waals surface area contributed by atoms with Crippen LogP contribution >= 0.6 is 11.8 Å². The van der Waals surface area contributed by atoms with Crippen molar-refractivity contribution in [1.82, 2.24) is 4.90 Å². The zero-order chi connectivity index (χ0) is 19.6. The summed E-state index contributed by atoms with van der Waals surface area (Å²) in [6, 6.07) is 14.3. The molecule has 0 spiro atoms. The van der Waals surface area contributed by atoms with Crippen molar-refractivity contribution < 1.29 is 14.4 Å². The minimum Gasteiger partial charge on any atom is -0.326 e. The van der Waals surface area contributed by atoms with E-state index in [-0.39, 0.29) is 29.0 Å². The summed E-state index contributed by atoms with van der Waals surface area (Å²) in [6.45, 7) is 6.06. The Balaban J connectivity index is 1.58. The molecule has 2 aromatic rings. The van der Waals surface area contributed by atoms with Gasteiger partial charge >= 0.3 is 0 Å². The van der Waals surface area contributed by atoms with Crippen LogP contribution in [0.1, 0.15) is 47.9 Å². The van der Waals surface area contributed by atoms with Crippen LogP contribution in [-0.2, 0) is 4.79 Å². The van der Waals surface area contributed by atoms with Crippen LogP contribution in [0.25, 0.3) is 0 Å². The quantitative estimate of drug-likeness (QED) is 0.614. The van der Waals surface area contributed by atoms with Gasteiger partial charge < -0.3 is 5.32 Å². The molecule has 1 aliphatic rings. The van der Waals surface area contributed by atoms with E-state index in [2.05, 4.69) is 5.32 Å². The normalized spacial score (nSPS) is 13.7. The monoisotopic (exact) mass is 382 g/mol. The van der Waals surface area contributed by atoms with Crippen molar-refractivity contribution in [3.05, 3.63) is 59.7 Å². The number of amides is 3. The van der Waals surface area contributed by atoms with Crippen molar-refractivity contribution >= 4 is 35.2 Å². The fraction of sp³-hybridized carbons (Fsp3) is 0.286. The first-order valence-electron chi connectivity index (χ1n) is 8.72. The molecule has 27 heavy (non-hydrogen) atoms. The summed E-state index contributed by atoms with van der Waals surface area (Å²) < 4.78 is 0. The number of imide groups is 1. The minimum absolute atomic E-state index is 0.0195. The molecule has 3 rings (SSSR count). The predicted octanol–water partition coefficient (Wildman–Crippen LogP) is 4.41. The van der Waals surface area contributed by atoms with Crippen LogP contribution in [0.2, 0.25) is 0 Å². The molecule has 0 saturated heterocycles. The van der Waals surface area contributed by atoms with Gasteiger partial charge in [0.2, 0.25) is 5.91 Å². The van der Waals surface area contributed by atoms with Gasteiger partial charge in [-0.25, -0.2) is 0 Å². The highest BCUT2D eigenvalue weighted by molar-refractivity contribution is 7.99. The summed E-state index contributed by atoms with van der Waals surface area (Å²) in [5, 5.41) is 2.88. The van der Waals surface area contributed by atoms with Gasteiger partial charge in [-0.2, -0.15) is 0 Å². The maximum Gasteiger partial charge on any atom is 0.262 e. The first-order valence-corrected chi connectivity index (χ1v) is 9.71. The summed E-state index contributed by atoms with van der Waals surface area (Å²) >= 11 is 1.40. The summed E-state index contributed by atoms with van der Waals surface area (Å²) in [4.78, 5) is 38.9. The lowest BCUT2D eigenvalue weighted by atomic mass is 9.92. The Labute approximate surface area is 163 Å². The van der Waals surface area contributed by atoms with Gasteiger partial charge in [0.05, 0.1) is 17.0 Å². The first-order chi connectivity index (χ1) is 12.7. The minimum atomic E-state index is -0.255. The summed E-state index contributed by atoms with van der Waals surface area (Å²) in [5.41, 5.74) is 1.58. The number of anilines is 1. The highest BCUT2D eigenvalue weighted by Gasteiger charge is 2.34. The lowest BCUT2D eigenvalue weighted by Crippen LogP contribution is -2.29. The number of fused-ring (bicyclic) bond motifs is 1. The van der Waals surface area contributed by atoms with Crippen LogP contribution in [0.3, 0.4) is 0 Å². The maximum atomic E-state index is 12.4. The van der Waals surface area contributed by atoms with E-state index in [0.29, 0.717) is 17.5 Å². The molecule has 0 aliphatic carbocycles. The maximum absolute atomic E-state index is 12.4. The van der Waals surface area contributed by atoms with Crippen molar-refractivity contribution in [3.8, 4) is 0 Å². The highest BCUT2D eigenvalue weighted by atomic mass is 32.2. The Morgan fingerprint density at radius 2 is 1.52 bits per heavy atom. The smallest absolute Gasteiger partial charge is 0.262 e. The van der Waals surface area contributed by atoms with Gasteiger partial charge in [-0.3, -0.25) is 19.3 Å². The van der Waals surface area contributed by atoms with Crippen LogP contribution in [0.4, 0.5) is 5.69 Å². The largest absolute Gasteiger partial charge is 0.326 e. The van der Waals surface area contributed by atoms with E-state index in [9.17, 15) is 14.4 Å². The van der Waals surface area contributed by atoms with E-state index >= 15 is 0 Å². The van der Waals surface area contributed by atoms with Gasteiger partial charge in [0.1, 0.15) is 0 Å². The molecule has 1 N–H and O–H groups in total. The third-order valence-electron chi connectivity index (χ3n) is 4.07. The topological polar surface area (TPSA) is 66.5 Å². The Morgan fingerprint density at radius 3 is 2.04 bits per heavy atom. The fourth-order valence-electron chi connectivity index (χ4n) is 2.82. The molecule has 0 radical (unpaired) electrons. The SMILES string of the molecule is CC(C)(C)CC(=O)Nc1ccc(SCN2C(=O)c3ccccc3C2=O)cc1. The van der Waals surface area contributed by atoms with E-state index in [1.807, 2.05) is 45.0 Å². The lowest BCUT2D eigenvalue weighted by molar-refractivity contribution is -0.117. The highest BCUT2D eigenvalue weighted by Crippen LogP contribution is 2.28. The van der Waals surface area contributed by atoms with Crippen LogP contribution in [-0.4, -0.2) is 28.5 Å². The average molecular weight is 382 g/mol. The number of carbonyl (C=O) groups excluding carboxylic acids is 3. The molecule has 0 unspecified atom stereocenters. The van der Waals surface area contributed by atoms with Gasteiger partial charge in [-0.05, 0) is 41.8 Å². The number of nitrogens with one attached hydrogen (secondary N) is 1. The number of hydrogen-bond donors (Lipinski definition) is 1. The molecule has 5 nitrogen and oxygen atoms in total. The van der Waals surface area contributed by atoms with E-state index in [4.69, 9.17) is 0 Å². The van der Waals surface area contributed by atoms with Crippen molar-refractivity contribution in [2.24, 2.45) is 5.41 Å². The van der Waals surface area contributed by atoms with Gasteiger partial charge in [0.15, 0.2) is 0 Å². The number of thioether (sulfide) groups is 1. The van der Waals surface area contributed by atoms with E-state index in [0.717, 1.165) is 10.6 Å². The molecule has 0 atom stereocenters. The van der Waals surface area contributed by atoms with Gasteiger partial charge in [-0.1, -0.05) is 32.9 Å². The zero-order valence-corrected chi connectivity index (χ0v) is 16.4. The fourth-order valence-corrected chi connectivity index (χ4v) is 3.66. The molecule has 0 aromatic heterocycles. The van der Waals surface area contributed by atoms with E-state index in [1.54, 1.807) is 24.3 Å². The van der Waals surface area contributed by atoms with Crippen molar-refractivity contribution in [2.45, 2.75) is 32.1 Å². The Kier molecular flexibility index (Phi) is 5.37. The molecule has 6 heteroatoms. The average Bonchev–Trinajstić information content (AvgIpc) is 2.84. The van der Waals surface area contributed by atoms with Crippen molar-refractivity contribution in [3.63, 3.8) is 0 Å². The van der Waals surface area contributed by atoms with Gasteiger partial charge in [-0.15, -0.1) is 11.8 Å². The summed E-state index contributed by atoms with van der Waals surface area (Å²) in [6.07, 6.45) is 0.448. The number of rotatable bonds is 5. The molecule has 0 saturated carbocycles. The van der Waals surface area contributed by atoms with Crippen LogP contribution in [0.15, 0.2) is 53.4 Å². The second kappa shape index (κ2) is 7.56. The molecular formula is C21H22N2O3S. The zero-order valence-electron chi connectivity index (χ0n) is 15.6. The lowest BCUT2D eigenvalue weighted by Gasteiger charge is -2.17. The number of nitrogens with zero attached hydrogens (tertiary/aromatic N) is 1.